The van der Waals surface area contributed by atoms with Gasteiger partial charge in [0.2, 0.25) is 0 Å². The van der Waals surface area contributed by atoms with Crippen molar-refractivity contribution in [1.82, 2.24) is 4.90 Å². The molecule has 1 aromatic rings. The summed E-state index contributed by atoms with van der Waals surface area (Å²) >= 11 is 2.18. The Balaban J connectivity index is 2.92. The van der Waals surface area contributed by atoms with Crippen molar-refractivity contribution < 1.29 is 9.90 Å². The van der Waals surface area contributed by atoms with Crippen molar-refractivity contribution in [1.29, 1.82) is 0 Å². The van der Waals surface area contributed by atoms with E-state index in [9.17, 15) is 9.90 Å². The fraction of sp³-hybridized carbons (Fsp3) is 0.462. The number of aliphatic hydroxyl groups excluding tert-OH is 1. The number of hydrogen-bond acceptors (Lipinski definition) is 2. The van der Waals surface area contributed by atoms with Crippen molar-refractivity contribution in [3.63, 3.8) is 0 Å². The van der Waals surface area contributed by atoms with Gasteiger partial charge in [0, 0.05) is 21.7 Å². The number of rotatable bonds is 4. The standard InChI is InChI=1S/C13H18INO2/c1-9(2)15(8-10(3)16)13(17)11-5-4-6-12(14)7-11/h4-7,9-10,16H,8H2,1-3H3. The Hall–Kier alpha value is -0.620. The molecule has 1 aromatic carbocycles. The molecule has 1 atom stereocenters. The largest absolute Gasteiger partial charge is 0.392 e. The van der Waals surface area contributed by atoms with Crippen LogP contribution in [0.3, 0.4) is 0 Å². The smallest absolute Gasteiger partial charge is 0.254 e. The second-order valence-corrected chi connectivity index (χ2v) is 5.66. The number of amides is 1. The number of carbonyl (C=O) groups excluding carboxylic acids is 1. The average molecular weight is 347 g/mol. The van der Waals surface area contributed by atoms with Crippen LogP contribution in [0.2, 0.25) is 0 Å². The molecule has 0 saturated heterocycles. The lowest BCUT2D eigenvalue weighted by Gasteiger charge is -2.28. The number of nitrogens with zero attached hydrogens (tertiary/aromatic N) is 1. The quantitative estimate of drug-likeness (QED) is 0.851. The van der Waals surface area contributed by atoms with E-state index in [-0.39, 0.29) is 11.9 Å². The molecule has 94 valence electrons. The summed E-state index contributed by atoms with van der Waals surface area (Å²) in [6.07, 6.45) is -0.510. The molecular weight excluding hydrogens is 329 g/mol. The maximum atomic E-state index is 12.3. The molecule has 0 saturated carbocycles. The van der Waals surface area contributed by atoms with Crippen LogP contribution in [0.4, 0.5) is 0 Å². The Kier molecular flexibility index (Phi) is 5.39. The van der Waals surface area contributed by atoms with Crippen molar-refractivity contribution in [2.45, 2.75) is 32.9 Å². The molecule has 0 aliphatic rings. The van der Waals surface area contributed by atoms with E-state index in [1.54, 1.807) is 11.8 Å². The second-order valence-electron chi connectivity index (χ2n) is 4.41. The molecule has 0 radical (unpaired) electrons. The van der Waals surface area contributed by atoms with Gasteiger partial charge in [-0.05, 0) is 61.6 Å². The number of hydrogen-bond donors (Lipinski definition) is 1. The van der Waals surface area contributed by atoms with Gasteiger partial charge in [-0.25, -0.2) is 0 Å². The molecule has 1 N–H and O–H groups in total. The lowest BCUT2D eigenvalue weighted by molar-refractivity contribution is 0.0578. The lowest BCUT2D eigenvalue weighted by atomic mass is 10.1. The van der Waals surface area contributed by atoms with Crippen LogP contribution < -0.4 is 0 Å². The van der Waals surface area contributed by atoms with Crippen molar-refractivity contribution in [3.8, 4) is 0 Å². The van der Waals surface area contributed by atoms with E-state index in [4.69, 9.17) is 0 Å². The zero-order valence-electron chi connectivity index (χ0n) is 10.4. The fourth-order valence-corrected chi connectivity index (χ4v) is 2.14. The molecule has 0 aliphatic heterocycles. The molecule has 3 nitrogen and oxygen atoms in total. The first-order valence-corrected chi connectivity index (χ1v) is 6.74. The van der Waals surface area contributed by atoms with Crippen molar-refractivity contribution in [2.75, 3.05) is 6.54 Å². The Labute approximate surface area is 116 Å². The van der Waals surface area contributed by atoms with E-state index in [2.05, 4.69) is 22.6 Å². The highest BCUT2D eigenvalue weighted by Gasteiger charge is 2.20. The van der Waals surface area contributed by atoms with Gasteiger partial charge in [-0.2, -0.15) is 0 Å². The fourth-order valence-electron chi connectivity index (χ4n) is 1.60. The van der Waals surface area contributed by atoms with Crippen LogP contribution in [0.15, 0.2) is 24.3 Å². The van der Waals surface area contributed by atoms with Crippen LogP contribution in [0.5, 0.6) is 0 Å². The van der Waals surface area contributed by atoms with E-state index < -0.39 is 6.10 Å². The third-order valence-electron chi connectivity index (χ3n) is 2.42. The molecule has 17 heavy (non-hydrogen) atoms. The topological polar surface area (TPSA) is 40.5 Å². The Morgan fingerprint density at radius 3 is 2.53 bits per heavy atom. The summed E-state index contributed by atoms with van der Waals surface area (Å²) in [7, 11) is 0. The summed E-state index contributed by atoms with van der Waals surface area (Å²) in [5.74, 6) is -0.0283. The first-order valence-electron chi connectivity index (χ1n) is 5.66. The van der Waals surface area contributed by atoms with Crippen LogP contribution in [0.25, 0.3) is 0 Å². The maximum Gasteiger partial charge on any atom is 0.254 e. The van der Waals surface area contributed by atoms with Crippen LogP contribution in [-0.4, -0.2) is 34.6 Å². The van der Waals surface area contributed by atoms with Crippen molar-refractivity contribution >= 4 is 28.5 Å². The monoisotopic (exact) mass is 347 g/mol. The van der Waals surface area contributed by atoms with Gasteiger partial charge in [0.15, 0.2) is 0 Å². The first-order chi connectivity index (χ1) is 7.91. The predicted molar refractivity (Wildman–Crippen MR) is 77.0 cm³/mol. The third kappa shape index (κ3) is 4.27. The molecule has 0 spiro atoms. The van der Waals surface area contributed by atoms with Gasteiger partial charge in [0.25, 0.3) is 5.91 Å². The van der Waals surface area contributed by atoms with Gasteiger partial charge in [-0.1, -0.05) is 6.07 Å². The molecule has 0 bridgehead atoms. The molecule has 0 aliphatic carbocycles. The molecular formula is C13H18INO2. The molecule has 1 amide bonds. The number of carbonyl (C=O) groups is 1. The summed E-state index contributed by atoms with van der Waals surface area (Å²) in [5, 5.41) is 9.43. The summed E-state index contributed by atoms with van der Waals surface area (Å²) in [4.78, 5) is 14.0. The molecule has 1 rings (SSSR count). The van der Waals surface area contributed by atoms with Crippen molar-refractivity contribution in [2.24, 2.45) is 0 Å². The van der Waals surface area contributed by atoms with Gasteiger partial charge < -0.3 is 10.0 Å². The van der Waals surface area contributed by atoms with E-state index in [0.29, 0.717) is 12.1 Å². The van der Waals surface area contributed by atoms with Gasteiger partial charge >= 0.3 is 0 Å². The summed E-state index contributed by atoms with van der Waals surface area (Å²) in [6.45, 7) is 5.96. The highest BCUT2D eigenvalue weighted by Crippen LogP contribution is 2.12. The molecule has 0 heterocycles. The SMILES string of the molecule is CC(O)CN(C(=O)c1cccc(I)c1)C(C)C. The summed E-state index contributed by atoms with van der Waals surface area (Å²) in [5.41, 5.74) is 0.672. The zero-order valence-corrected chi connectivity index (χ0v) is 12.5. The van der Waals surface area contributed by atoms with Crippen LogP contribution >= 0.6 is 22.6 Å². The van der Waals surface area contributed by atoms with Crippen LogP contribution in [-0.2, 0) is 0 Å². The Bertz CT molecular complexity index is 391. The van der Waals surface area contributed by atoms with E-state index in [0.717, 1.165) is 3.57 Å². The normalized spacial score (nSPS) is 12.6. The van der Waals surface area contributed by atoms with Crippen LogP contribution in [0.1, 0.15) is 31.1 Å². The van der Waals surface area contributed by atoms with Gasteiger partial charge in [-0.15, -0.1) is 0 Å². The third-order valence-corrected chi connectivity index (χ3v) is 3.09. The Morgan fingerprint density at radius 1 is 1.41 bits per heavy atom. The number of benzene rings is 1. The van der Waals surface area contributed by atoms with Gasteiger partial charge in [0.05, 0.1) is 6.10 Å². The van der Waals surface area contributed by atoms with E-state index >= 15 is 0 Å². The minimum Gasteiger partial charge on any atom is -0.392 e. The molecule has 4 heteroatoms. The van der Waals surface area contributed by atoms with Crippen molar-refractivity contribution in [3.05, 3.63) is 33.4 Å². The van der Waals surface area contributed by atoms with E-state index in [1.165, 1.54) is 0 Å². The molecule has 0 aromatic heterocycles. The van der Waals surface area contributed by atoms with Gasteiger partial charge in [-0.3, -0.25) is 4.79 Å². The summed E-state index contributed by atoms with van der Waals surface area (Å²) < 4.78 is 1.04. The minimum atomic E-state index is -0.510. The Morgan fingerprint density at radius 2 is 2.06 bits per heavy atom. The number of aliphatic hydroxyl groups is 1. The highest BCUT2D eigenvalue weighted by molar-refractivity contribution is 14.1. The second kappa shape index (κ2) is 6.35. The molecule has 0 fully saturated rings. The number of halogens is 1. The highest BCUT2D eigenvalue weighted by atomic mass is 127. The minimum absolute atomic E-state index is 0.0283. The first kappa shape index (κ1) is 14.4. The van der Waals surface area contributed by atoms with Crippen LogP contribution in [0, 0.1) is 3.57 Å². The van der Waals surface area contributed by atoms with Gasteiger partial charge in [0.1, 0.15) is 0 Å². The zero-order chi connectivity index (χ0) is 13.0. The predicted octanol–water partition coefficient (Wildman–Crippen LogP) is 2.52. The van der Waals surface area contributed by atoms with E-state index in [1.807, 2.05) is 38.1 Å². The summed E-state index contributed by atoms with van der Waals surface area (Å²) in [6, 6.07) is 7.57. The maximum absolute atomic E-state index is 12.3. The lowest BCUT2D eigenvalue weighted by Crippen LogP contribution is -2.41. The average Bonchev–Trinajstić information content (AvgIpc) is 2.24. The molecule has 1 unspecified atom stereocenters.